The largest absolute Gasteiger partial charge is 0.379 e. The lowest BCUT2D eigenvalue weighted by molar-refractivity contribution is -0.00174. The molecule has 4 nitrogen and oxygen atoms in total. The molecule has 0 N–H and O–H groups in total. The zero-order valence-corrected chi connectivity index (χ0v) is 10.4. The van der Waals surface area contributed by atoms with Crippen molar-refractivity contribution < 1.29 is 9.53 Å². The number of methoxy groups -OCH3 is 1. The quantitative estimate of drug-likeness (QED) is 0.789. The van der Waals surface area contributed by atoms with Crippen molar-refractivity contribution >= 4 is 17.2 Å². The van der Waals surface area contributed by atoms with Gasteiger partial charge < -0.3 is 9.64 Å². The number of nitrogens with zero attached hydrogens (tertiary/aromatic N) is 2. The standard InChI is InChI=1S/C11H16N2O2S/c1-8-3-4-13(5-10(8)15-2)11(14)9-6-16-7-12-9/h6-8,10H,3-5H2,1-2H3/t8-,10+/m0/s1. The van der Waals surface area contributed by atoms with Gasteiger partial charge in [0, 0.05) is 25.6 Å². The highest BCUT2D eigenvalue weighted by atomic mass is 32.1. The van der Waals surface area contributed by atoms with Crippen molar-refractivity contribution in [2.75, 3.05) is 20.2 Å². The SMILES string of the molecule is CO[C@@H]1CN(C(=O)c2cscn2)CC[C@@H]1C. The number of piperidine rings is 1. The van der Waals surface area contributed by atoms with Gasteiger partial charge in [0.05, 0.1) is 11.6 Å². The third-order valence-corrected chi connectivity index (χ3v) is 3.72. The molecule has 5 heteroatoms. The number of hydrogen-bond donors (Lipinski definition) is 0. The van der Waals surface area contributed by atoms with E-state index in [1.165, 1.54) is 11.3 Å². The van der Waals surface area contributed by atoms with Crippen molar-refractivity contribution in [3.05, 3.63) is 16.6 Å². The molecule has 88 valence electrons. The van der Waals surface area contributed by atoms with Crippen LogP contribution >= 0.6 is 11.3 Å². The van der Waals surface area contributed by atoms with Crippen LogP contribution in [0, 0.1) is 5.92 Å². The van der Waals surface area contributed by atoms with Gasteiger partial charge in [0.25, 0.3) is 5.91 Å². The Kier molecular flexibility index (Phi) is 3.56. The minimum atomic E-state index is 0.0233. The van der Waals surface area contributed by atoms with Gasteiger partial charge in [-0.1, -0.05) is 6.92 Å². The third kappa shape index (κ3) is 2.25. The maximum absolute atomic E-state index is 12.0. The Morgan fingerprint density at radius 2 is 2.50 bits per heavy atom. The third-order valence-electron chi connectivity index (χ3n) is 3.13. The van der Waals surface area contributed by atoms with E-state index in [0.717, 1.165) is 13.0 Å². The summed E-state index contributed by atoms with van der Waals surface area (Å²) in [6.07, 6.45) is 1.14. The summed E-state index contributed by atoms with van der Waals surface area (Å²) < 4.78 is 5.39. The van der Waals surface area contributed by atoms with Crippen LogP contribution in [0.15, 0.2) is 10.9 Å². The molecule has 0 aromatic carbocycles. The average molecular weight is 240 g/mol. The van der Waals surface area contributed by atoms with Crippen LogP contribution in [0.5, 0.6) is 0 Å². The smallest absolute Gasteiger partial charge is 0.273 e. The van der Waals surface area contributed by atoms with Gasteiger partial charge in [0.1, 0.15) is 5.69 Å². The van der Waals surface area contributed by atoms with E-state index in [4.69, 9.17) is 4.74 Å². The Morgan fingerprint density at radius 3 is 3.12 bits per heavy atom. The fourth-order valence-electron chi connectivity index (χ4n) is 2.01. The average Bonchev–Trinajstić information content (AvgIpc) is 2.82. The fourth-order valence-corrected chi connectivity index (χ4v) is 2.53. The Bertz CT molecular complexity index is 353. The zero-order chi connectivity index (χ0) is 11.5. The molecule has 0 bridgehead atoms. The van der Waals surface area contributed by atoms with Crippen LogP contribution in [0.4, 0.5) is 0 Å². The van der Waals surface area contributed by atoms with Gasteiger partial charge in [0.2, 0.25) is 0 Å². The van der Waals surface area contributed by atoms with Crippen LogP contribution in [-0.4, -0.2) is 42.1 Å². The van der Waals surface area contributed by atoms with Crippen molar-refractivity contribution in [2.45, 2.75) is 19.4 Å². The van der Waals surface area contributed by atoms with E-state index >= 15 is 0 Å². The first-order chi connectivity index (χ1) is 7.72. The van der Waals surface area contributed by atoms with E-state index in [-0.39, 0.29) is 12.0 Å². The second kappa shape index (κ2) is 4.93. The van der Waals surface area contributed by atoms with E-state index in [0.29, 0.717) is 18.2 Å². The lowest BCUT2D eigenvalue weighted by atomic mass is 9.95. The molecule has 1 aromatic heterocycles. The normalized spacial score (nSPS) is 25.8. The zero-order valence-electron chi connectivity index (χ0n) is 9.55. The Labute approximate surface area is 99.2 Å². The molecule has 0 saturated carbocycles. The fraction of sp³-hybridized carbons (Fsp3) is 0.636. The molecule has 0 unspecified atom stereocenters. The van der Waals surface area contributed by atoms with E-state index < -0.39 is 0 Å². The van der Waals surface area contributed by atoms with Gasteiger partial charge in [-0.3, -0.25) is 4.79 Å². The number of rotatable bonds is 2. The highest BCUT2D eigenvalue weighted by molar-refractivity contribution is 7.07. The van der Waals surface area contributed by atoms with Crippen LogP contribution in [0.1, 0.15) is 23.8 Å². The first-order valence-corrected chi connectivity index (χ1v) is 6.37. The maximum Gasteiger partial charge on any atom is 0.273 e. The number of aromatic nitrogens is 1. The van der Waals surface area contributed by atoms with E-state index in [2.05, 4.69) is 11.9 Å². The van der Waals surface area contributed by atoms with Crippen molar-refractivity contribution in [1.82, 2.24) is 9.88 Å². The highest BCUT2D eigenvalue weighted by Gasteiger charge is 2.29. The predicted molar refractivity (Wildman–Crippen MR) is 62.6 cm³/mol. The Hall–Kier alpha value is -0.940. The molecule has 1 aliphatic rings. The Balaban J connectivity index is 2.03. The number of amides is 1. The number of ether oxygens (including phenoxy) is 1. The van der Waals surface area contributed by atoms with E-state index in [9.17, 15) is 4.79 Å². The van der Waals surface area contributed by atoms with Crippen LogP contribution in [0.3, 0.4) is 0 Å². The molecule has 2 rings (SSSR count). The number of likely N-dealkylation sites (tertiary alicyclic amines) is 1. The minimum Gasteiger partial charge on any atom is -0.379 e. The van der Waals surface area contributed by atoms with Gasteiger partial charge >= 0.3 is 0 Å². The number of hydrogen-bond acceptors (Lipinski definition) is 4. The van der Waals surface area contributed by atoms with Crippen LogP contribution in [-0.2, 0) is 4.74 Å². The summed E-state index contributed by atoms with van der Waals surface area (Å²) in [5.41, 5.74) is 2.24. The molecule has 2 heterocycles. The summed E-state index contributed by atoms with van der Waals surface area (Å²) >= 11 is 1.45. The maximum atomic E-state index is 12.0. The summed E-state index contributed by atoms with van der Waals surface area (Å²) in [6.45, 7) is 3.64. The molecule has 1 aromatic rings. The molecular weight excluding hydrogens is 224 g/mol. The molecule has 1 fully saturated rings. The Morgan fingerprint density at radius 1 is 1.69 bits per heavy atom. The summed E-state index contributed by atoms with van der Waals surface area (Å²) in [7, 11) is 1.71. The molecule has 16 heavy (non-hydrogen) atoms. The van der Waals surface area contributed by atoms with Gasteiger partial charge in [-0.15, -0.1) is 11.3 Å². The van der Waals surface area contributed by atoms with Crippen LogP contribution in [0.2, 0.25) is 0 Å². The molecule has 0 radical (unpaired) electrons. The lowest BCUT2D eigenvalue weighted by Gasteiger charge is -2.35. The molecule has 2 atom stereocenters. The topological polar surface area (TPSA) is 42.4 Å². The first kappa shape index (κ1) is 11.5. The van der Waals surface area contributed by atoms with Gasteiger partial charge in [0.15, 0.2) is 0 Å². The highest BCUT2D eigenvalue weighted by Crippen LogP contribution is 2.20. The summed E-state index contributed by atoms with van der Waals surface area (Å²) in [5, 5.41) is 1.79. The van der Waals surface area contributed by atoms with Gasteiger partial charge in [-0.2, -0.15) is 0 Å². The van der Waals surface area contributed by atoms with Crippen molar-refractivity contribution in [3.63, 3.8) is 0 Å². The molecular formula is C11H16N2O2S. The van der Waals surface area contributed by atoms with Gasteiger partial charge in [-0.25, -0.2) is 4.98 Å². The number of carbonyl (C=O) groups is 1. The van der Waals surface area contributed by atoms with Crippen LogP contribution in [0.25, 0.3) is 0 Å². The minimum absolute atomic E-state index is 0.0233. The van der Waals surface area contributed by atoms with Crippen molar-refractivity contribution in [2.24, 2.45) is 5.92 Å². The van der Waals surface area contributed by atoms with E-state index in [1.807, 2.05) is 4.90 Å². The van der Waals surface area contributed by atoms with Gasteiger partial charge in [-0.05, 0) is 12.3 Å². The number of carbonyl (C=O) groups excluding carboxylic acids is 1. The van der Waals surface area contributed by atoms with Crippen LogP contribution < -0.4 is 0 Å². The first-order valence-electron chi connectivity index (χ1n) is 5.42. The van der Waals surface area contributed by atoms with Crippen molar-refractivity contribution in [3.8, 4) is 0 Å². The van der Waals surface area contributed by atoms with E-state index in [1.54, 1.807) is 18.0 Å². The molecule has 0 aliphatic carbocycles. The second-order valence-electron chi connectivity index (χ2n) is 4.16. The molecule has 1 saturated heterocycles. The second-order valence-corrected chi connectivity index (χ2v) is 4.88. The number of thiazole rings is 1. The molecule has 1 amide bonds. The molecule has 0 spiro atoms. The monoisotopic (exact) mass is 240 g/mol. The summed E-state index contributed by atoms with van der Waals surface area (Å²) in [4.78, 5) is 17.9. The summed E-state index contributed by atoms with van der Waals surface area (Å²) in [5.74, 6) is 0.541. The summed E-state index contributed by atoms with van der Waals surface area (Å²) in [6, 6.07) is 0. The molecule has 1 aliphatic heterocycles. The predicted octanol–water partition coefficient (Wildman–Crippen LogP) is 1.64. The van der Waals surface area contributed by atoms with Crippen molar-refractivity contribution in [1.29, 1.82) is 0 Å². The lowest BCUT2D eigenvalue weighted by Crippen LogP contribution is -2.46.